The Bertz CT molecular complexity index is 823. The molecule has 0 fully saturated rings. The van der Waals surface area contributed by atoms with Crippen LogP contribution in [-0.4, -0.2) is 31.1 Å². The van der Waals surface area contributed by atoms with Crippen molar-refractivity contribution in [3.63, 3.8) is 0 Å². The van der Waals surface area contributed by atoms with E-state index in [0.717, 1.165) is 12.5 Å². The van der Waals surface area contributed by atoms with Crippen LogP contribution in [0, 0.1) is 11.3 Å². The molecule has 0 saturated carbocycles. The lowest BCUT2D eigenvalue weighted by Gasteiger charge is -2.25. The third-order valence-corrected chi connectivity index (χ3v) is 4.34. The summed E-state index contributed by atoms with van der Waals surface area (Å²) in [7, 11) is 3.01. The Balaban J connectivity index is 2.12. The van der Waals surface area contributed by atoms with E-state index in [4.69, 9.17) is 10.00 Å². The molecular weight excluding hydrogens is 350 g/mol. The standard InChI is InChI=1S/C21H22F2N2O2/c1-21(22,23)18-7-5-4-6-17(18)14-25(2)20(26)19(27-3)12-15-8-10-16(13-24)11-9-15/h4-11,19H,12,14H2,1-3H3. The van der Waals surface area contributed by atoms with Crippen LogP contribution in [-0.2, 0) is 28.4 Å². The van der Waals surface area contributed by atoms with E-state index in [-0.39, 0.29) is 18.0 Å². The summed E-state index contributed by atoms with van der Waals surface area (Å²) >= 11 is 0. The van der Waals surface area contributed by atoms with Crippen LogP contribution in [0.2, 0.25) is 0 Å². The topological polar surface area (TPSA) is 53.3 Å². The van der Waals surface area contributed by atoms with Crippen molar-refractivity contribution in [1.29, 1.82) is 5.26 Å². The average molecular weight is 372 g/mol. The second kappa shape index (κ2) is 8.74. The van der Waals surface area contributed by atoms with Gasteiger partial charge in [-0.15, -0.1) is 0 Å². The van der Waals surface area contributed by atoms with Gasteiger partial charge in [0.25, 0.3) is 11.8 Å². The molecule has 2 aromatic carbocycles. The maximum Gasteiger partial charge on any atom is 0.270 e. The van der Waals surface area contributed by atoms with Crippen molar-refractivity contribution < 1.29 is 18.3 Å². The summed E-state index contributed by atoms with van der Waals surface area (Å²) in [6, 6.07) is 15.1. The highest BCUT2D eigenvalue weighted by atomic mass is 19.3. The van der Waals surface area contributed by atoms with Crippen molar-refractivity contribution in [1.82, 2.24) is 4.90 Å². The quantitative estimate of drug-likeness (QED) is 0.741. The third kappa shape index (κ3) is 5.35. The summed E-state index contributed by atoms with van der Waals surface area (Å²) in [5, 5.41) is 8.85. The fourth-order valence-electron chi connectivity index (χ4n) is 2.87. The first-order valence-electron chi connectivity index (χ1n) is 8.49. The lowest BCUT2D eigenvalue weighted by Crippen LogP contribution is -2.38. The van der Waals surface area contributed by atoms with Crippen LogP contribution < -0.4 is 0 Å². The first-order valence-corrected chi connectivity index (χ1v) is 8.49. The van der Waals surface area contributed by atoms with Crippen molar-refractivity contribution in [2.45, 2.75) is 31.9 Å². The number of rotatable bonds is 7. The summed E-state index contributed by atoms with van der Waals surface area (Å²) < 4.78 is 32.9. The van der Waals surface area contributed by atoms with Gasteiger partial charge in [0.2, 0.25) is 0 Å². The zero-order valence-electron chi connectivity index (χ0n) is 15.6. The van der Waals surface area contributed by atoms with Gasteiger partial charge in [-0.25, -0.2) is 8.78 Å². The fourth-order valence-corrected chi connectivity index (χ4v) is 2.87. The van der Waals surface area contributed by atoms with Gasteiger partial charge < -0.3 is 9.64 Å². The summed E-state index contributed by atoms with van der Waals surface area (Å²) in [5.74, 6) is -3.28. The molecule has 0 bridgehead atoms. The zero-order chi connectivity index (χ0) is 20.0. The minimum absolute atomic E-state index is 0.0612. The largest absolute Gasteiger partial charge is 0.371 e. The maximum atomic E-state index is 13.8. The fraction of sp³-hybridized carbons (Fsp3) is 0.333. The molecule has 2 rings (SSSR count). The Morgan fingerprint density at radius 1 is 1.22 bits per heavy atom. The van der Waals surface area contributed by atoms with Gasteiger partial charge in [-0.1, -0.05) is 36.4 Å². The first kappa shape index (κ1) is 20.5. The molecule has 0 aromatic heterocycles. The van der Waals surface area contributed by atoms with E-state index < -0.39 is 12.0 Å². The molecule has 0 spiro atoms. The predicted octanol–water partition coefficient (Wildman–Crippen LogP) is 3.89. The van der Waals surface area contributed by atoms with Crippen LogP contribution in [0.5, 0.6) is 0 Å². The summed E-state index contributed by atoms with van der Waals surface area (Å²) in [6.07, 6.45) is -0.408. The molecule has 0 N–H and O–H groups in total. The number of methoxy groups -OCH3 is 1. The number of benzene rings is 2. The smallest absolute Gasteiger partial charge is 0.270 e. The van der Waals surface area contributed by atoms with Crippen LogP contribution in [0.25, 0.3) is 0 Å². The van der Waals surface area contributed by atoms with Crippen LogP contribution in [0.4, 0.5) is 8.78 Å². The monoisotopic (exact) mass is 372 g/mol. The molecule has 142 valence electrons. The lowest BCUT2D eigenvalue weighted by atomic mass is 10.0. The Labute approximate surface area is 158 Å². The predicted molar refractivity (Wildman–Crippen MR) is 98.1 cm³/mol. The van der Waals surface area contributed by atoms with Crippen molar-refractivity contribution >= 4 is 5.91 Å². The van der Waals surface area contributed by atoms with E-state index in [1.165, 1.54) is 18.1 Å². The van der Waals surface area contributed by atoms with Crippen LogP contribution in [0.1, 0.15) is 29.2 Å². The second-order valence-corrected chi connectivity index (χ2v) is 6.48. The van der Waals surface area contributed by atoms with Gasteiger partial charge in [0.1, 0.15) is 6.10 Å². The van der Waals surface area contributed by atoms with Gasteiger partial charge in [-0.3, -0.25) is 4.79 Å². The number of hydrogen-bond donors (Lipinski definition) is 0. The maximum absolute atomic E-state index is 13.8. The normalized spacial score (nSPS) is 12.3. The zero-order valence-corrected chi connectivity index (χ0v) is 15.6. The molecule has 6 heteroatoms. The van der Waals surface area contributed by atoms with E-state index >= 15 is 0 Å². The highest BCUT2D eigenvalue weighted by molar-refractivity contribution is 5.81. The van der Waals surface area contributed by atoms with Gasteiger partial charge in [-0.2, -0.15) is 5.26 Å². The van der Waals surface area contributed by atoms with Crippen LogP contribution in [0.3, 0.4) is 0 Å². The molecule has 4 nitrogen and oxygen atoms in total. The molecule has 0 aliphatic heterocycles. The highest BCUT2D eigenvalue weighted by Gasteiger charge is 2.29. The molecule has 1 amide bonds. The third-order valence-electron chi connectivity index (χ3n) is 4.34. The van der Waals surface area contributed by atoms with Gasteiger partial charge in [0.15, 0.2) is 0 Å². The van der Waals surface area contributed by atoms with E-state index in [2.05, 4.69) is 0 Å². The molecule has 0 aliphatic carbocycles. The van der Waals surface area contributed by atoms with E-state index in [1.54, 1.807) is 49.5 Å². The Morgan fingerprint density at radius 3 is 2.41 bits per heavy atom. The van der Waals surface area contributed by atoms with Crippen molar-refractivity contribution in [2.75, 3.05) is 14.2 Å². The van der Waals surface area contributed by atoms with Gasteiger partial charge in [0, 0.05) is 39.6 Å². The number of halogens is 2. The molecule has 0 aliphatic rings. The first-order chi connectivity index (χ1) is 12.8. The lowest BCUT2D eigenvalue weighted by molar-refractivity contribution is -0.141. The number of nitrogens with zero attached hydrogens (tertiary/aromatic N) is 2. The molecule has 27 heavy (non-hydrogen) atoms. The number of hydrogen-bond acceptors (Lipinski definition) is 3. The SMILES string of the molecule is COC(Cc1ccc(C#N)cc1)C(=O)N(C)Cc1ccccc1C(C)(F)F. The molecular formula is C21H22F2N2O2. The number of nitriles is 1. The number of alkyl halides is 2. The molecule has 2 aromatic rings. The average Bonchev–Trinajstić information content (AvgIpc) is 2.65. The molecule has 1 atom stereocenters. The van der Waals surface area contributed by atoms with Gasteiger partial charge >= 0.3 is 0 Å². The number of carbonyl (C=O) groups is 1. The molecule has 0 heterocycles. The summed E-state index contributed by atoms with van der Waals surface area (Å²) in [6.45, 7) is 0.905. The minimum Gasteiger partial charge on any atom is -0.371 e. The van der Waals surface area contributed by atoms with E-state index in [1.807, 2.05) is 6.07 Å². The summed E-state index contributed by atoms with van der Waals surface area (Å²) in [4.78, 5) is 14.1. The minimum atomic E-state index is -2.98. The number of carbonyl (C=O) groups excluding carboxylic acids is 1. The second-order valence-electron chi connectivity index (χ2n) is 6.48. The Hall–Kier alpha value is -2.78. The number of amides is 1. The molecule has 0 radical (unpaired) electrons. The van der Waals surface area contributed by atoms with Crippen molar-refractivity contribution in [3.05, 3.63) is 70.8 Å². The van der Waals surface area contributed by atoms with E-state index in [0.29, 0.717) is 17.5 Å². The molecule has 0 saturated heterocycles. The Morgan fingerprint density at radius 2 is 1.85 bits per heavy atom. The van der Waals surface area contributed by atoms with Gasteiger partial charge in [0.05, 0.1) is 11.6 Å². The van der Waals surface area contributed by atoms with Gasteiger partial charge in [-0.05, 0) is 23.3 Å². The number of likely N-dealkylation sites (N-methyl/N-ethyl adjacent to an activating group) is 1. The van der Waals surface area contributed by atoms with Crippen molar-refractivity contribution in [3.8, 4) is 6.07 Å². The number of ether oxygens (including phenoxy) is 1. The summed E-state index contributed by atoms with van der Waals surface area (Å²) in [5.41, 5.74) is 1.69. The highest BCUT2D eigenvalue weighted by Crippen LogP contribution is 2.30. The van der Waals surface area contributed by atoms with Crippen molar-refractivity contribution in [2.24, 2.45) is 0 Å². The molecule has 1 unspecified atom stereocenters. The van der Waals surface area contributed by atoms with Crippen LogP contribution in [0.15, 0.2) is 48.5 Å². The Kier molecular flexibility index (Phi) is 6.65. The van der Waals surface area contributed by atoms with Crippen LogP contribution >= 0.6 is 0 Å². The van der Waals surface area contributed by atoms with E-state index in [9.17, 15) is 13.6 Å².